The van der Waals surface area contributed by atoms with Crippen molar-refractivity contribution in [3.05, 3.63) is 72.3 Å². The molecule has 0 spiro atoms. The molecule has 6 nitrogen and oxygen atoms in total. The molecule has 0 bridgehead atoms. The highest BCUT2D eigenvalue weighted by Gasteiger charge is 2.20. The lowest BCUT2D eigenvalue weighted by atomic mass is 10.0. The van der Waals surface area contributed by atoms with Crippen molar-refractivity contribution in [1.82, 2.24) is 5.32 Å². The number of carbonyl (C=O) groups is 2. The van der Waals surface area contributed by atoms with Crippen LogP contribution in [0.15, 0.2) is 66.7 Å². The molecule has 0 aliphatic heterocycles. The second-order valence-corrected chi connectivity index (χ2v) is 6.34. The van der Waals surface area contributed by atoms with Gasteiger partial charge in [0, 0.05) is 5.69 Å². The van der Waals surface area contributed by atoms with E-state index < -0.39 is 18.6 Å². The Kier molecular flexibility index (Phi) is 6.24. The number of amides is 2. The highest BCUT2D eigenvalue weighted by molar-refractivity contribution is 5.98. The second-order valence-electron chi connectivity index (χ2n) is 6.34. The topological polar surface area (TPSA) is 87.7 Å². The molecule has 2 amide bonds. The summed E-state index contributed by atoms with van der Waals surface area (Å²) in [7, 11) is 1.56. The van der Waals surface area contributed by atoms with Crippen LogP contribution in [0.5, 0.6) is 5.75 Å². The summed E-state index contributed by atoms with van der Waals surface area (Å²) < 4.78 is 5.07. The zero-order valence-electron chi connectivity index (χ0n) is 15.5. The van der Waals surface area contributed by atoms with Crippen molar-refractivity contribution < 1.29 is 19.4 Å². The number of hydrogen-bond donors (Lipinski definition) is 3. The Morgan fingerprint density at radius 1 is 1.00 bits per heavy atom. The minimum Gasteiger partial charge on any atom is -0.497 e. The Hall–Kier alpha value is -3.38. The quantitative estimate of drug-likeness (QED) is 0.590. The molecular weight excluding hydrogens is 356 g/mol. The zero-order valence-corrected chi connectivity index (χ0v) is 15.5. The first kappa shape index (κ1) is 19.4. The SMILES string of the molecule is COc1ccc(NC(=O)C(CO)NC(=O)Cc2cccc3ccccc23)cc1. The Balaban J connectivity index is 1.64. The Bertz CT molecular complexity index is 964. The number of nitrogens with one attached hydrogen (secondary N) is 2. The number of methoxy groups -OCH3 is 1. The standard InChI is InChI=1S/C22H22N2O4/c1-28-18-11-9-17(10-12-18)23-22(27)20(14-25)24-21(26)13-16-7-4-6-15-5-2-3-8-19(15)16/h2-12,20,25H,13-14H2,1H3,(H,23,27)(H,24,26). The third-order valence-corrected chi connectivity index (χ3v) is 4.42. The lowest BCUT2D eigenvalue weighted by Crippen LogP contribution is -2.46. The van der Waals surface area contributed by atoms with E-state index in [2.05, 4.69) is 10.6 Å². The van der Waals surface area contributed by atoms with Crippen LogP contribution in [0.4, 0.5) is 5.69 Å². The molecule has 0 fully saturated rings. The molecule has 3 aromatic rings. The molecule has 3 N–H and O–H groups in total. The van der Waals surface area contributed by atoms with E-state index in [0.717, 1.165) is 16.3 Å². The smallest absolute Gasteiger partial charge is 0.249 e. The van der Waals surface area contributed by atoms with Gasteiger partial charge in [-0.2, -0.15) is 0 Å². The van der Waals surface area contributed by atoms with Crippen molar-refractivity contribution in [2.45, 2.75) is 12.5 Å². The van der Waals surface area contributed by atoms with Gasteiger partial charge in [0.15, 0.2) is 0 Å². The molecule has 0 aromatic heterocycles. The second kappa shape index (κ2) is 9.01. The van der Waals surface area contributed by atoms with Gasteiger partial charge in [-0.05, 0) is 40.6 Å². The van der Waals surface area contributed by atoms with Crippen LogP contribution in [-0.2, 0) is 16.0 Å². The minimum absolute atomic E-state index is 0.119. The molecule has 0 radical (unpaired) electrons. The van der Waals surface area contributed by atoms with E-state index in [-0.39, 0.29) is 12.3 Å². The van der Waals surface area contributed by atoms with Crippen LogP contribution in [0.25, 0.3) is 10.8 Å². The molecule has 0 heterocycles. The fourth-order valence-electron chi connectivity index (χ4n) is 2.96. The highest BCUT2D eigenvalue weighted by Crippen LogP contribution is 2.19. The first-order valence-electron chi connectivity index (χ1n) is 8.92. The lowest BCUT2D eigenvalue weighted by Gasteiger charge is -2.17. The van der Waals surface area contributed by atoms with Crippen molar-refractivity contribution >= 4 is 28.3 Å². The Morgan fingerprint density at radius 2 is 1.71 bits per heavy atom. The van der Waals surface area contributed by atoms with Gasteiger partial charge in [0.25, 0.3) is 0 Å². The van der Waals surface area contributed by atoms with Crippen molar-refractivity contribution in [1.29, 1.82) is 0 Å². The summed E-state index contributed by atoms with van der Waals surface area (Å²) >= 11 is 0. The maximum absolute atomic E-state index is 12.4. The average molecular weight is 378 g/mol. The lowest BCUT2D eigenvalue weighted by molar-refractivity contribution is -0.126. The van der Waals surface area contributed by atoms with E-state index in [1.165, 1.54) is 0 Å². The molecule has 3 aromatic carbocycles. The molecule has 0 aliphatic rings. The average Bonchev–Trinajstić information content (AvgIpc) is 2.72. The van der Waals surface area contributed by atoms with Gasteiger partial charge < -0.3 is 20.5 Å². The van der Waals surface area contributed by atoms with Crippen LogP contribution in [-0.4, -0.2) is 36.7 Å². The molecule has 0 saturated carbocycles. The van der Waals surface area contributed by atoms with Gasteiger partial charge in [0.1, 0.15) is 11.8 Å². The molecular formula is C22H22N2O4. The van der Waals surface area contributed by atoms with E-state index in [9.17, 15) is 14.7 Å². The largest absolute Gasteiger partial charge is 0.497 e. The molecule has 1 unspecified atom stereocenters. The van der Waals surface area contributed by atoms with Gasteiger partial charge in [0.2, 0.25) is 11.8 Å². The van der Waals surface area contributed by atoms with Crippen molar-refractivity contribution in [2.75, 3.05) is 19.0 Å². The van der Waals surface area contributed by atoms with E-state index >= 15 is 0 Å². The number of ether oxygens (including phenoxy) is 1. The molecule has 1 atom stereocenters. The number of aliphatic hydroxyl groups is 1. The van der Waals surface area contributed by atoms with Gasteiger partial charge in [-0.1, -0.05) is 42.5 Å². The van der Waals surface area contributed by atoms with E-state index in [4.69, 9.17) is 4.74 Å². The van der Waals surface area contributed by atoms with Crippen molar-refractivity contribution in [3.8, 4) is 5.75 Å². The van der Waals surface area contributed by atoms with E-state index in [1.807, 2.05) is 42.5 Å². The summed E-state index contributed by atoms with van der Waals surface area (Å²) in [5, 5.41) is 16.9. The monoisotopic (exact) mass is 378 g/mol. The summed E-state index contributed by atoms with van der Waals surface area (Å²) in [6.07, 6.45) is 0.119. The van der Waals surface area contributed by atoms with Crippen LogP contribution in [0.3, 0.4) is 0 Å². The van der Waals surface area contributed by atoms with Gasteiger partial charge in [-0.3, -0.25) is 9.59 Å². The number of aliphatic hydroxyl groups excluding tert-OH is 1. The fraction of sp³-hybridized carbons (Fsp3) is 0.182. The van der Waals surface area contributed by atoms with E-state index in [1.54, 1.807) is 31.4 Å². The summed E-state index contributed by atoms with van der Waals surface area (Å²) in [6, 6.07) is 19.3. The number of hydrogen-bond acceptors (Lipinski definition) is 4. The van der Waals surface area contributed by atoms with E-state index in [0.29, 0.717) is 11.4 Å². The van der Waals surface area contributed by atoms with Crippen LogP contribution < -0.4 is 15.4 Å². The molecule has 0 saturated heterocycles. The maximum atomic E-state index is 12.4. The van der Waals surface area contributed by atoms with Crippen molar-refractivity contribution in [2.24, 2.45) is 0 Å². The summed E-state index contributed by atoms with van der Waals surface area (Å²) in [5.41, 5.74) is 1.41. The first-order valence-corrected chi connectivity index (χ1v) is 8.92. The molecule has 3 rings (SSSR count). The molecule has 144 valence electrons. The third kappa shape index (κ3) is 4.66. The molecule has 28 heavy (non-hydrogen) atoms. The highest BCUT2D eigenvalue weighted by atomic mass is 16.5. The Labute approximate surface area is 163 Å². The van der Waals surface area contributed by atoms with Gasteiger partial charge in [-0.25, -0.2) is 0 Å². The number of rotatable bonds is 7. The van der Waals surface area contributed by atoms with Gasteiger partial charge in [-0.15, -0.1) is 0 Å². The summed E-state index contributed by atoms with van der Waals surface area (Å²) in [5.74, 6) is -0.153. The number of benzene rings is 3. The van der Waals surface area contributed by atoms with Crippen LogP contribution in [0.1, 0.15) is 5.56 Å². The van der Waals surface area contributed by atoms with Crippen LogP contribution >= 0.6 is 0 Å². The minimum atomic E-state index is -1.04. The maximum Gasteiger partial charge on any atom is 0.249 e. The van der Waals surface area contributed by atoms with Crippen LogP contribution in [0.2, 0.25) is 0 Å². The third-order valence-electron chi connectivity index (χ3n) is 4.42. The number of anilines is 1. The zero-order chi connectivity index (χ0) is 19.9. The first-order chi connectivity index (χ1) is 13.6. The predicted octanol–water partition coefficient (Wildman–Crippen LogP) is 2.51. The Morgan fingerprint density at radius 3 is 2.43 bits per heavy atom. The molecule has 6 heteroatoms. The summed E-state index contributed by atoms with van der Waals surface area (Å²) in [4.78, 5) is 24.8. The summed E-state index contributed by atoms with van der Waals surface area (Å²) in [6.45, 7) is -0.497. The van der Waals surface area contributed by atoms with Gasteiger partial charge >= 0.3 is 0 Å². The fourth-order valence-corrected chi connectivity index (χ4v) is 2.96. The van der Waals surface area contributed by atoms with Crippen LogP contribution in [0, 0.1) is 0 Å². The molecule has 0 aliphatic carbocycles. The van der Waals surface area contributed by atoms with Gasteiger partial charge in [0.05, 0.1) is 20.1 Å². The van der Waals surface area contributed by atoms with Crippen molar-refractivity contribution in [3.63, 3.8) is 0 Å². The predicted molar refractivity (Wildman–Crippen MR) is 108 cm³/mol. The number of carbonyl (C=O) groups excluding carboxylic acids is 2. The number of fused-ring (bicyclic) bond motifs is 1. The normalized spacial score (nSPS) is 11.6.